The molecule has 0 fully saturated rings. The number of rotatable bonds is 5. The van der Waals surface area contributed by atoms with Crippen LogP contribution in [0, 0.1) is 5.82 Å². The molecule has 1 amide bonds. The Hall–Kier alpha value is -2.66. The van der Waals surface area contributed by atoms with Gasteiger partial charge >= 0.3 is 0 Å². The van der Waals surface area contributed by atoms with Crippen LogP contribution in [0.2, 0.25) is 5.02 Å². The number of amides is 1. The largest absolute Gasteiger partial charge is 0.495 e. The van der Waals surface area contributed by atoms with Crippen molar-refractivity contribution in [3.63, 3.8) is 0 Å². The van der Waals surface area contributed by atoms with Gasteiger partial charge in [0.25, 0.3) is 15.9 Å². The summed E-state index contributed by atoms with van der Waals surface area (Å²) in [7, 11) is -2.67. The highest BCUT2D eigenvalue weighted by atomic mass is 79.9. The van der Waals surface area contributed by atoms with Crippen molar-refractivity contribution in [2.75, 3.05) is 16.8 Å². The number of hydrogen-bond donors (Lipinski definition) is 2. The topological polar surface area (TPSA) is 87.7 Å². The summed E-state index contributed by atoms with van der Waals surface area (Å²) >= 11 is 9.25. The molecule has 0 spiro atoms. The molecule has 4 rings (SSSR count). The lowest BCUT2D eigenvalue weighted by atomic mass is 10.1. The molecule has 0 unspecified atom stereocenters. The first-order chi connectivity index (χ1) is 15.2. The number of nitrogens with zero attached hydrogens (tertiary/aromatic N) is 1. The third-order valence-electron chi connectivity index (χ3n) is 4.81. The van der Waals surface area contributed by atoms with Crippen molar-refractivity contribution in [3.05, 3.63) is 81.0 Å². The molecule has 0 saturated heterocycles. The van der Waals surface area contributed by atoms with Gasteiger partial charge in [0.15, 0.2) is 0 Å². The van der Waals surface area contributed by atoms with E-state index in [0.717, 1.165) is 10.5 Å². The summed E-state index contributed by atoms with van der Waals surface area (Å²) in [6.07, 6.45) is 0. The maximum absolute atomic E-state index is 14.1. The number of fused-ring (bicyclic) bond motifs is 1. The van der Waals surface area contributed by atoms with Crippen molar-refractivity contribution in [2.24, 2.45) is 0 Å². The predicted molar refractivity (Wildman–Crippen MR) is 123 cm³/mol. The Morgan fingerprint density at radius 2 is 2.00 bits per heavy atom. The van der Waals surface area contributed by atoms with Gasteiger partial charge in [0.05, 0.1) is 23.4 Å². The van der Waals surface area contributed by atoms with Gasteiger partial charge < -0.3 is 10.1 Å². The standard InChI is InChI=1S/C21H16BrClFN3O4S/c1-31-18-8-6-13(22)9-19(18)32(29,30)27-17-10-14(7-5-12(17)11-25-27)26-21(28)20-15(23)3-2-4-16(20)24/h2-10,25H,11H2,1H3,(H,26,28). The van der Waals surface area contributed by atoms with Gasteiger partial charge in [0.2, 0.25) is 0 Å². The molecule has 0 aliphatic carbocycles. The highest BCUT2D eigenvalue weighted by molar-refractivity contribution is 9.10. The van der Waals surface area contributed by atoms with Crippen LogP contribution >= 0.6 is 27.5 Å². The predicted octanol–water partition coefficient (Wildman–Crippen LogP) is 4.72. The summed E-state index contributed by atoms with van der Waals surface area (Å²) in [6, 6.07) is 13.4. The molecular formula is C21H16BrClFN3O4S. The molecule has 0 atom stereocenters. The number of carbonyl (C=O) groups excluding carboxylic acids is 1. The summed E-state index contributed by atoms with van der Waals surface area (Å²) in [6.45, 7) is 0.262. The van der Waals surface area contributed by atoms with Crippen LogP contribution in [0.25, 0.3) is 0 Å². The van der Waals surface area contributed by atoms with Crippen molar-refractivity contribution in [1.82, 2.24) is 5.43 Å². The third-order valence-corrected chi connectivity index (χ3v) is 7.30. The molecule has 0 aromatic heterocycles. The Morgan fingerprint density at radius 1 is 1.22 bits per heavy atom. The van der Waals surface area contributed by atoms with Crippen molar-refractivity contribution in [1.29, 1.82) is 0 Å². The van der Waals surface area contributed by atoms with Gasteiger partial charge in [-0.2, -0.15) is 12.8 Å². The van der Waals surface area contributed by atoms with E-state index in [1.54, 1.807) is 24.3 Å². The first kappa shape index (κ1) is 22.5. The molecule has 0 saturated carbocycles. The van der Waals surface area contributed by atoms with Crippen LogP contribution in [0.1, 0.15) is 15.9 Å². The van der Waals surface area contributed by atoms with Crippen LogP contribution in [0.4, 0.5) is 15.8 Å². The average molecular weight is 541 g/mol. The molecule has 7 nitrogen and oxygen atoms in total. The fourth-order valence-corrected chi connectivity index (χ4v) is 5.60. The summed E-state index contributed by atoms with van der Waals surface area (Å²) in [5, 5.41) is 2.54. The van der Waals surface area contributed by atoms with Gasteiger partial charge in [0, 0.05) is 16.7 Å². The van der Waals surface area contributed by atoms with E-state index in [0.29, 0.717) is 15.7 Å². The zero-order chi connectivity index (χ0) is 23.0. The molecule has 3 aromatic carbocycles. The quantitative estimate of drug-likeness (QED) is 0.489. The third kappa shape index (κ3) is 4.06. The van der Waals surface area contributed by atoms with Crippen molar-refractivity contribution in [2.45, 2.75) is 11.4 Å². The number of benzene rings is 3. The molecule has 0 radical (unpaired) electrons. The summed E-state index contributed by atoms with van der Waals surface area (Å²) in [5.74, 6) is -1.33. The minimum Gasteiger partial charge on any atom is -0.495 e. The Bertz CT molecular complexity index is 1320. The van der Waals surface area contributed by atoms with Crippen molar-refractivity contribution in [3.8, 4) is 5.75 Å². The second-order valence-corrected chi connectivity index (χ2v) is 9.87. The highest BCUT2D eigenvalue weighted by Gasteiger charge is 2.33. The second kappa shape index (κ2) is 8.70. The molecular weight excluding hydrogens is 525 g/mol. The van der Waals surface area contributed by atoms with Crippen LogP contribution in [0.15, 0.2) is 64.0 Å². The molecule has 1 heterocycles. The Kier molecular flexibility index (Phi) is 6.13. The van der Waals surface area contributed by atoms with Gasteiger partial charge in [-0.1, -0.05) is 39.7 Å². The van der Waals surface area contributed by atoms with Gasteiger partial charge in [0.1, 0.15) is 16.5 Å². The number of sulfonamides is 1. The van der Waals surface area contributed by atoms with Crippen molar-refractivity contribution >= 4 is 54.8 Å². The van der Waals surface area contributed by atoms with Gasteiger partial charge in [-0.3, -0.25) is 4.79 Å². The zero-order valence-electron chi connectivity index (χ0n) is 16.5. The van der Waals surface area contributed by atoms with Gasteiger partial charge in [-0.15, -0.1) is 0 Å². The Balaban J connectivity index is 1.69. The lowest BCUT2D eigenvalue weighted by molar-refractivity contribution is 0.102. The van der Waals surface area contributed by atoms with E-state index in [1.165, 1.54) is 31.4 Å². The number of hydrogen-bond acceptors (Lipinski definition) is 5. The van der Waals surface area contributed by atoms with E-state index in [9.17, 15) is 17.6 Å². The summed E-state index contributed by atoms with van der Waals surface area (Å²) in [5.41, 5.74) is 3.85. The Labute approximate surface area is 197 Å². The lowest BCUT2D eigenvalue weighted by Gasteiger charge is -2.21. The molecule has 166 valence electrons. The monoisotopic (exact) mass is 539 g/mol. The first-order valence-corrected chi connectivity index (χ1v) is 11.8. The number of hydrazine groups is 1. The van der Waals surface area contributed by atoms with Crippen molar-refractivity contribution < 1.29 is 22.3 Å². The maximum Gasteiger partial charge on any atom is 0.281 e. The highest BCUT2D eigenvalue weighted by Crippen LogP contribution is 2.36. The molecule has 1 aliphatic heterocycles. The van der Waals surface area contributed by atoms with Gasteiger partial charge in [-0.25, -0.2) is 9.82 Å². The van der Waals surface area contributed by atoms with Crippen LogP contribution in [-0.4, -0.2) is 21.4 Å². The summed E-state index contributed by atoms with van der Waals surface area (Å²) < 4.78 is 47.7. The molecule has 32 heavy (non-hydrogen) atoms. The number of ether oxygens (including phenoxy) is 1. The zero-order valence-corrected chi connectivity index (χ0v) is 19.7. The fraction of sp³-hybridized carbons (Fsp3) is 0.0952. The van der Waals surface area contributed by atoms with E-state index >= 15 is 0 Å². The van der Waals surface area contributed by atoms with E-state index in [2.05, 4.69) is 26.7 Å². The van der Waals surface area contributed by atoms with Crippen LogP contribution in [-0.2, 0) is 16.6 Å². The minimum atomic E-state index is -4.05. The number of nitrogens with one attached hydrogen (secondary N) is 2. The average Bonchev–Trinajstić information content (AvgIpc) is 3.17. The van der Waals surface area contributed by atoms with Crippen LogP contribution in [0.5, 0.6) is 5.75 Å². The fourth-order valence-electron chi connectivity index (χ4n) is 3.30. The number of anilines is 2. The molecule has 0 bridgehead atoms. The minimum absolute atomic E-state index is 0.0312. The lowest BCUT2D eigenvalue weighted by Crippen LogP contribution is -2.38. The molecule has 11 heteroatoms. The molecule has 2 N–H and O–H groups in total. The van der Waals surface area contributed by atoms with E-state index in [4.69, 9.17) is 16.3 Å². The van der Waals surface area contributed by atoms with Crippen LogP contribution < -0.4 is 19.9 Å². The number of halogens is 3. The molecule has 3 aromatic rings. The van der Waals surface area contributed by atoms with Crippen LogP contribution in [0.3, 0.4) is 0 Å². The van der Waals surface area contributed by atoms with E-state index < -0.39 is 21.7 Å². The molecule has 1 aliphatic rings. The smallest absolute Gasteiger partial charge is 0.281 e. The number of methoxy groups -OCH3 is 1. The maximum atomic E-state index is 14.1. The normalized spacial score (nSPS) is 13.1. The van der Waals surface area contributed by atoms with E-state index in [-0.39, 0.29) is 33.5 Å². The van der Waals surface area contributed by atoms with E-state index in [1.807, 2.05) is 0 Å². The first-order valence-electron chi connectivity index (χ1n) is 9.23. The summed E-state index contributed by atoms with van der Waals surface area (Å²) in [4.78, 5) is 12.5. The SMILES string of the molecule is COc1ccc(Br)cc1S(=O)(=O)N1NCc2ccc(NC(=O)c3c(F)cccc3Cl)cc21. The number of carbonyl (C=O) groups is 1. The Morgan fingerprint density at radius 3 is 2.72 bits per heavy atom. The van der Waals surface area contributed by atoms with Gasteiger partial charge in [-0.05, 0) is 48.0 Å². The second-order valence-electron chi connectivity index (χ2n) is 6.79.